The Bertz CT molecular complexity index is 427. The molecule has 0 aromatic carbocycles. The first-order valence-electron chi connectivity index (χ1n) is 7.36. The van der Waals surface area contributed by atoms with Crippen LogP contribution in [-0.2, 0) is 7.05 Å². The van der Waals surface area contributed by atoms with E-state index in [0.717, 1.165) is 12.8 Å². The molecule has 1 unspecified atom stereocenters. The van der Waals surface area contributed by atoms with E-state index < -0.39 is 0 Å². The van der Waals surface area contributed by atoms with Gasteiger partial charge >= 0.3 is 6.03 Å². The molecule has 2 amide bonds. The lowest BCUT2D eigenvalue weighted by Crippen LogP contribution is -2.43. The number of amides is 2. The van der Waals surface area contributed by atoms with Gasteiger partial charge in [0.15, 0.2) is 0 Å². The quantitative estimate of drug-likeness (QED) is 0.770. The molecule has 0 bridgehead atoms. The van der Waals surface area contributed by atoms with Gasteiger partial charge in [-0.2, -0.15) is 5.10 Å². The van der Waals surface area contributed by atoms with Crippen molar-refractivity contribution in [3.63, 3.8) is 0 Å². The largest absolute Gasteiger partial charge is 0.396 e. The summed E-state index contributed by atoms with van der Waals surface area (Å²) >= 11 is 0. The summed E-state index contributed by atoms with van der Waals surface area (Å²) in [5.74, 6) is 0.482. The minimum absolute atomic E-state index is 0.0528. The lowest BCUT2D eigenvalue weighted by Gasteiger charge is -2.30. The zero-order valence-electron chi connectivity index (χ0n) is 12.0. The number of hydrogen-bond donors (Lipinski definition) is 3. The summed E-state index contributed by atoms with van der Waals surface area (Å²) in [4.78, 5) is 12.0. The number of nitrogens with one attached hydrogen (secondary N) is 2. The van der Waals surface area contributed by atoms with Crippen LogP contribution in [0.3, 0.4) is 0 Å². The van der Waals surface area contributed by atoms with Gasteiger partial charge < -0.3 is 15.7 Å². The second-order valence-corrected chi connectivity index (χ2v) is 5.52. The Morgan fingerprint density at radius 1 is 1.50 bits per heavy atom. The molecule has 0 spiro atoms. The van der Waals surface area contributed by atoms with Gasteiger partial charge in [-0.3, -0.25) is 4.68 Å². The molecule has 20 heavy (non-hydrogen) atoms. The SMILES string of the molecule is Cn1cc(NC(=O)NC(CCO)C2CCCCC2)cn1. The second-order valence-electron chi connectivity index (χ2n) is 5.52. The smallest absolute Gasteiger partial charge is 0.319 e. The molecular formula is C14H24N4O2. The Morgan fingerprint density at radius 3 is 2.85 bits per heavy atom. The van der Waals surface area contributed by atoms with Crippen LogP contribution in [0.2, 0.25) is 0 Å². The van der Waals surface area contributed by atoms with Crippen LogP contribution >= 0.6 is 0 Å². The fraction of sp³-hybridized carbons (Fsp3) is 0.714. The fourth-order valence-electron chi connectivity index (χ4n) is 2.92. The molecule has 1 fully saturated rings. The molecule has 0 saturated heterocycles. The van der Waals surface area contributed by atoms with Gasteiger partial charge in [0.25, 0.3) is 0 Å². The van der Waals surface area contributed by atoms with E-state index >= 15 is 0 Å². The first-order chi connectivity index (χ1) is 9.69. The molecule has 3 N–H and O–H groups in total. The molecule has 1 aliphatic carbocycles. The molecule has 6 heteroatoms. The second kappa shape index (κ2) is 7.28. The van der Waals surface area contributed by atoms with E-state index in [0.29, 0.717) is 18.0 Å². The molecular weight excluding hydrogens is 256 g/mol. The summed E-state index contributed by atoms with van der Waals surface area (Å²) in [5, 5.41) is 19.0. The topological polar surface area (TPSA) is 79.2 Å². The van der Waals surface area contributed by atoms with Crippen molar-refractivity contribution in [1.82, 2.24) is 15.1 Å². The molecule has 1 atom stereocenters. The number of hydrogen-bond acceptors (Lipinski definition) is 3. The van der Waals surface area contributed by atoms with Crippen LogP contribution in [0.4, 0.5) is 10.5 Å². The van der Waals surface area contributed by atoms with Gasteiger partial charge in [0.05, 0.1) is 11.9 Å². The summed E-state index contributed by atoms with van der Waals surface area (Å²) in [5.41, 5.74) is 0.677. The highest BCUT2D eigenvalue weighted by Gasteiger charge is 2.24. The van der Waals surface area contributed by atoms with Crippen molar-refractivity contribution in [2.45, 2.75) is 44.6 Å². The standard InChI is InChI=1S/C14H24N4O2/c1-18-10-12(9-15-18)16-14(20)17-13(7-8-19)11-5-3-2-4-6-11/h9-11,13,19H,2-8H2,1H3,(H2,16,17,20). The van der Waals surface area contributed by atoms with Crippen LogP contribution < -0.4 is 10.6 Å². The Labute approximate surface area is 119 Å². The van der Waals surface area contributed by atoms with E-state index in [1.807, 2.05) is 0 Å². The molecule has 1 aliphatic rings. The third-order valence-electron chi connectivity index (χ3n) is 3.94. The number of anilines is 1. The highest BCUT2D eigenvalue weighted by atomic mass is 16.3. The van der Waals surface area contributed by atoms with Crippen molar-refractivity contribution in [3.05, 3.63) is 12.4 Å². The minimum atomic E-state index is -0.220. The number of carbonyl (C=O) groups excluding carboxylic acids is 1. The number of nitrogens with zero attached hydrogens (tertiary/aromatic N) is 2. The maximum Gasteiger partial charge on any atom is 0.319 e. The van der Waals surface area contributed by atoms with Crippen LogP contribution in [0, 0.1) is 5.92 Å². The fourth-order valence-corrected chi connectivity index (χ4v) is 2.92. The molecule has 1 saturated carbocycles. The zero-order valence-corrected chi connectivity index (χ0v) is 12.0. The number of aliphatic hydroxyl groups excluding tert-OH is 1. The van der Waals surface area contributed by atoms with E-state index in [4.69, 9.17) is 0 Å². The molecule has 112 valence electrons. The minimum Gasteiger partial charge on any atom is -0.396 e. The van der Waals surface area contributed by atoms with E-state index in [2.05, 4.69) is 15.7 Å². The van der Waals surface area contributed by atoms with Gasteiger partial charge in [0.2, 0.25) is 0 Å². The summed E-state index contributed by atoms with van der Waals surface area (Å²) in [6.45, 7) is 0.105. The van der Waals surface area contributed by atoms with Gasteiger partial charge in [0, 0.05) is 25.9 Å². The van der Waals surface area contributed by atoms with Crippen molar-refractivity contribution < 1.29 is 9.90 Å². The van der Waals surface area contributed by atoms with Crippen LogP contribution in [0.15, 0.2) is 12.4 Å². The Balaban J connectivity index is 1.87. The van der Waals surface area contributed by atoms with Gasteiger partial charge in [-0.1, -0.05) is 19.3 Å². The number of aromatic nitrogens is 2. The molecule has 1 heterocycles. The first kappa shape index (κ1) is 14.8. The van der Waals surface area contributed by atoms with E-state index in [-0.39, 0.29) is 18.7 Å². The van der Waals surface area contributed by atoms with Crippen molar-refractivity contribution >= 4 is 11.7 Å². The lowest BCUT2D eigenvalue weighted by atomic mass is 9.83. The third kappa shape index (κ3) is 4.23. The van der Waals surface area contributed by atoms with Gasteiger partial charge in [-0.15, -0.1) is 0 Å². The van der Waals surface area contributed by atoms with Crippen molar-refractivity contribution in [1.29, 1.82) is 0 Å². The monoisotopic (exact) mass is 280 g/mol. The van der Waals surface area contributed by atoms with Crippen molar-refractivity contribution in [3.8, 4) is 0 Å². The predicted octanol–water partition coefficient (Wildman–Crippen LogP) is 1.87. The summed E-state index contributed by atoms with van der Waals surface area (Å²) < 4.78 is 1.64. The average molecular weight is 280 g/mol. The van der Waals surface area contributed by atoms with Crippen molar-refractivity contribution in [2.24, 2.45) is 13.0 Å². The molecule has 1 aromatic heterocycles. The van der Waals surface area contributed by atoms with Crippen LogP contribution in [-0.4, -0.2) is 33.6 Å². The Morgan fingerprint density at radius 2 is 2.25 bits per heavy atom. The number of carbonyl (C=O) groups is 1. The van der Waals surface area contributed by atoms with E-state index in [1.54, 1.807) is 24.1 Å². The molecule has 1 aromatic rings. The zero-order chi connectivity index (χ0) is 14.4. The molecule has 0 aliphatic heterocycles. The van der Waals surface area contributed by atoms with Crippen LogP contribution in [0.5, 0.6) is 0 Å². The summed E-state index contributed by atoms with van der Waals surface area (Å²) in [7, 11) is 1.81. The first-order valence-corrected chi connectivity index (χ1v) is 7.36. The van der Waals surface area contributed by atoms with Gasteiger partial charge in [0.1, 0.15) is 0 Å². The summed E-state index contributed by atoms with van der Waals surface area (Å²) in [6.07, 6.45) is 9.98. The van der Waals surface area contributed by atoms with Crippen LogP contribution in [0.1, 0.15) is 38.5 Å². The van der Waals surface area contributed by atoms with Gasteiger partial charge in [-0.05, 0) is 25.2 Å². The summed E-state index contributed by atoms with van der Waals surface area (Å²) in [6, 6.07) is -0.168. The molecule has 0 radical (unpaired) electrons. The predicted molar refractivity (Wildman–Crippen MR) is 77.4 cm³/mol. The number of rotatable bonds is 5. The van der Waals surface area contributed by atoms with E-state index in [9.17, 15) is 9.90 Å². The lowest BCUT2D eigenvalue weighted by molar-refractivity contribution is 0.202. The van der Waals surface area contributed by atoms with E-state index in [1.165, 1.54) is 19.3 Å². The van der Waals surface area contributed by atoms with Crippen molar-refractivity contribution in [2.75, 3.05) is 11.9 Å². The number of urea groups is 1. The highest BCUT2D eigenvalue weighted by molar-refractivity contribution is 5.89. The van der Waals surface area contributed by atoms with Crippen LogP contribution in [0.25, 0.3) is 0 Å². The Hall–Kier alpha value is -1.56. The third-order valence-corrected chi connectivity index (χ3v) is 3.94. The maximum atomic E-state index is 12.0. The Kier molecular flexibility index (Phi) is 5.40. The normalized spacial score (nSPS) is 17.7. The number of aryl methyl sites for hydroxylation is 1. The average Bonchev–Trinajstić information content (AvgIpc) is 2.84. The number of aliphatic hydroxyl groups is 1. The molecule has 2 rings (SSSR count). The molecule has 6 nitrogen and oxygen atoms in total. The highest BCUT2D eigenvalue weighted by Crippen LogP contribution is 2.27. The maximum absolute atomic E-state index is 12.0. The van der Waals surface area contributed by atoms with Gasteiger partial charge in [-0.25, -0.2) is 4.79 Å².